The van der Waals surface area contributed by atoms with Crippen LogP contribution >= 0.6 is 27.5 Å². The van der Waals surface area contributed by atoms with Gasteiger partial charge in [0, 0.05) is 17.9 Å². The minimum absolute atomic E-state index is 0.0251. The van der Waals surface area contributed by atoms with Crippen molar-refractivity contribution in [3.63, 3.8) is 0 Å². The van der Waals surface area contributed by atoms with Gasteiger partial charge in [-0.25, -0.2) is 0 Å². The van der Waals surface area contributed by atoms with Crippen molar-refractivity contribution in [1.82, 2.24) is 4.90 Å². The van der Waals surface area contributed by atoms with Gasteiger partial charge in [0.15, 0.2) is 0 Å². The number of halogens is 2. The molecule has 1 aromatic heterocycles. The zero-order valence-electron chi connectivity index (χ0n) is 8.79. The van der Waals surface area contributed by atoms with E-state index in [0.717, 1.165) is 18.2 Å². The van der Waals surface area contributed by atoms with Crippen LogP contribution in [0.25, 0.3) is 0 Å². The molecule has 1 fully saturated rings. The molecule has 3 nitrogen and oxygen atoms in total. The highest BCUT2D eigenvalue weighted by molar-refractivity contribution is 9.09. The van der Waals surface area contributed by atoms with Gasteiger partial charge in [-0.1, -0.05) is 15.9 Å². The van der Waals surface area contributed by atoms with Crippen LogP contribution in [0.4, 0.5) is 0 Å². The van der Waals surface area contributed by atoms with Gasteiger partial charge >= 0.3 is 0 Å². The third-order valence-corrected chi connectivity index (χ3v) is 3.60. The first-order chi connectivity index (χ1) is 7.74. The molecule has 1 aliphatic rings. The number of nitrogens with zero attached hydrogens (tertiary/aromatic N) is 1. The monoisotopic (exact) mass is 305 g/mol. The Labute approximate surface area is 108 Å². The van der Waals surface area contributed by atoms with Crippen molar-refractivity contribution in [3.8, 4) is 0 Å². The van der Waals surface area contributed by atoms with Crippen LogP contribution in [-0.2, 0) is 0 Å². The van der Waals surface area contributed by atoms with Crippen LogP contribution in [0, 0.1) is 0 Å². The molecule has 0 N–H and O–H groups in total. The Morgan fingerprint density at radius 3 is 2.81 bits per heavy atom. The van der Waals surface area contributed by atoms with E-state index in [1.54, 1.807) is 6.07 Å². The van der Waals surface area contributed by atoms with Crippen molar-refractivity contribution < 1.29 is 9.21 Å². The highest BCUT2D eigenvalue weighted by atomic mass is 79.9. The van der Waals surface area contributed by atoms with Crippen LogP contribution in [0.1, 0.15) is 29.6 Å². The van der Waals surface area contributed by atoms with E-state index in [2.05, 4.69) is 15.9 Å². The largest absolute Gasteiger partial charge is 0.452 e. The highest BCUT2D eigenvalue weighted by Crippen LogP contribution is 2.28. The lowest BCUT2D eigenvalue weighted by molar-refractivity contribution is 0.0599. The van der Waals surface area contributed by atoms with Gasteiger partial charge in [-0.3, -0.25) is 4.79 Å². The molecule has 0 saturated heterocycles. The summed E-state index contributed by atoms with van der Waals surface area (Å²) in [5.74, 6) is -0.0251. The number of furan rings is 1. The maximum Gasteiger partial charge on any atom is 0.259 e. The van der Waals surface area contributed by atoms with Crippen LogP contribution in [0.2, 0.25) is 5.22 Å². The van der Waals surface area contributed by atoms with E-state index in [1.807, 2.05) is 4.90 Å². The van der Waals surface area contributed by atoms with Gasteiger partial charge in [-0.15, -0.1) is 0 Å². The van der Waals surface area contributed by atoms with Crippen LogP contribution in [0.3, 0.4) is 0 Å². The second kappa shape index (κ2) is 5.23. The summed E-state index contributed by atoms with van der Waals surface area (Å²) in [7, 11) is 0. The van der Waals surface area contributed by atoms with E-state index in [4.69, 9.17) is 16.0 Å². The standard InChI is InChI=1S/C11H13BrClNO2/c12-5-6-14(8-2-1-3-8)11(15)9-4-7-16-10(9)13/h4,7-8H,1-3,5-6H2. The second-order valence-corrected chi connectivity index (χ2v) is 5.02. The van der Waals surface area contributed by atoms with E-state index in [-0.39, 0.29) is 11.1 Å². The summed E-state index contributed by atoms with van der Waals surface area (Å²) in [6, 6.07) is 2.00. The SMILES string of the molecule is O=C(c1ccoc1Cl)N(CCBr)C1CCC1. The van der Waals surface area contributed by atoms with E-state index in [1.165, 1.54) is 12.7 Å². The molecule has 2 rings (SSSR count). The summed E-state index contributed by atoms with van der Waals surface area (Å²) in [4.78, 5) is 14.1. The van der Waals surface area contributed by atoms with Gasteiger partial charge in [0.05, 0.1) is 11.8 Å². The lowest BCUT2D eigenvalue weighted by Crippen LogP contribution is -2.45. The number of alkyl halides is 1. The summed E-state index contributed by atoms with van der Waals surface area (Å²) >= 11 is 9.19. The molecule has 0 unspecified atom stereocenters. The number of hydrogen-bond acceptors (Lipinski definition) is 2. The van der Waals surface area contributed by atoms with Crippen molar-refractivity contribution in [2.24, 2.45) is 0 Å². The van der Waals surface area contributed by atoms with Crippen molar-refractivity contribution in [3.05, 3.63) is 23.1 Å². The van der Waals surface area contributed by atoms with Gasteiger partial charge < -0.3 is 9.32 Å². The molecule has 0 radical (unpaired) electrons. The van der Waals surface area contributed by atoms with Gasteiger partial charge in [-0.05, 0) is 36.9 Å². The zero-order chi connectivity index (χ0) is 11.5. The van der Waals surface area contributed by atoms with E-state index in [9.17, 15) is 4.79 Å². The Morgan fingerprint density at radius 1 is 1.62 bits per heavy atom. The third kappa shape index (κ3) is 2.28. The molecule has 0 aliphatic heterocycles. The molecule has 1 heterocycles. The Balaban J connectivity index is 2.13. The van der Waals surface area contributed by atoms with Crippen molar-refractivity contribution in [1.29, 1.82) is 0 Å². The maximum atomic E-state index is 12.2. The van der Waals surface area contributed by atoms with Crippen LogP contribution in [0.5, 0.6) is 0 Å². The third-order valence-electron chi connectivity index (χ3n) is 2.95. The molecule has 1 saturated carbocycles. The van der Waals surface area contributed by atoms with Crippen LogP contribution in [-0.4, -0.2) is 28.7 Å². The van der Waals surface area contributed by atoms with Gasteiger partial charge in [0.1, 0.15) is 0 Å². The fraction of sp³-hybridized carbons (Fsp3) is 0.545. The van der Waals surface area contributed by atoms with Crippen molar-refractivity contribution in [2.45, 2.75) is 25.3 Å². The Hall–Kier alpha value is -0.480. The van der Waals surface area contributed by atoms with Crippen molar-refractivity contribution >= 4 is 33.4 Å². The lowest BCUT2D eigenvalue weighted by atomic mass is 9.91. The van der Waals surface area contributed by atoms with Gasteiger partial charge in [0.2, 0.25) is 5.22 Å². The maximum absolute atomic E-state index is 12.2. The molecule has 5 heteroatoms. The highest BCUT2D eigenvalue weighted by Gasteiger charge is 2.30. The van der Waals surface area contributed by atoms with E-state index >= 15 is 0 Å². The first-order valence-electron chi connectivity index (χ1n) is 5.34. The molecule has 88 valence electrons. The molecule has 0 aromatic carbocycles. The van der Waals surface area contributed by atoms with Crippen LogP contribution in [0.15, 0.2) is 16.7 Å². The first kappa shape index (κ1) is 12.0. The summed E-state index contributed by atoms with van der Waals surface area (Å²) in [5, 5.41) is 0.967. The molecule has 0 spiro atoms. The molecule has 0 bridgehead atoms. The molecular weight excluding hydrogens is 293 g/mol. The number of carbonyl (C=O) groups is 1. The fourth-order valence-corrected chi connectivity index (χ4v) is 2.42. The smallest absolute Gasteiger partial charge is 0.259 e. The summed E-state index contributed by atoms with van der Waals surface area (Å²) in [6.45, 7) is 0.713. The minimum Gasteiger partial charge on any atom is -0.452 e. The Kier molecular flexibility index (Phi) is 3.92. The van der Waals surface area contributed by atoms with Crippen LogP contribution < -0.4 is 0 Å². The molecule has 1 amide bonds. The van der Waals surface area contributed by atoms with Gasteiger partial charge in [0.25, 0.3) is 5.91 Å². The molecule has 0 atom stereocenters. The summed E-state index contributed by atoms with van der Waals surface area (Å²) in [5.41, 5.74) is 0.467. The molecule has 16 heavy (non-hydrogen) atoms. The summed E-state index contributed by atoms with van der Waals surface area (Å²) in [6.07, 6.45) is 4.83. The normalized spacial score (nSPS) is 15.9. The minimum atomic E-state index is -0.0251. The van der Waals surface area contributed by atoms with E-state index < -0.39 is 0 Å². The van der Waals surface area contributed by atoms with Crippen molar-refractivity contribution in [2.75, 3.05) is 11.9 Å². The predicted molar refractivity (Wildman–Crippen MR) is 66.2 cm³/mol. The summed E-state index contributed by atoms with van der Waals surface area (Å²) < 4.78 is 4.95. The number of rotatable bonds is 4. The topological polar surface area (TPSA) is 33.5 Å². The number of amides is 1. The average Bonchev–Trinajstić information content (AvgIpc) is 2.60. The molecule has 1 aliphatic carbocycles. The molecular formula is C11H13BrClNO2. The average molecular weight is 307 g/mol. The predicted octanol–water partition coefficient (Wildman–Crippen LogP) is 3.32. The Bertz CT molecular complexity index is 376. The Morgan fingerprint density at radius 2 is 2.38 bits per heavy atom. The fourth-order valence-electron chi connectivity index (χ4n) is 1.84. The lowest BCUT2D eigenvalue weighted by Gasteiger charge is -2.37. The quantitative estimate of drug-likeness (QED) is 0.800. The number of hydrogen-bond donors (Lipinski definition) is 0. The molecule has 1 aromatic rings. The van der Waals surface area contributed by atoms with E-state index in [0.29, 0.717) is 18.2 Å². The number of carbonyl (C=O) groups excluding carboxylic acids is 1. The zero-order valence-corrected chi connectivity index (χ0v) is 11.1. The first-order valence-corrected chi connectivity index (χ1v) is 6.84. The second-order valence-electron chi connectivity index (χ2n) is 3.88. The van der Waals surface area contributed by atoms with Gasteiger partial charge in [-0.2, -0.15) is 0 Å².